The summed E-state index contributed by atoms with van der Waals surface area (Å²) in [7, 11) is -3.70. The van der Waals surface area contributed by atoms with E-state index in [2.05, 4.69) is 4.90 Å². The van der Waals surface area contributed by atoms with E-state index in [9.17, 15) is 13.2 Å². The lowest BCUT2D eigenvalue weighted by Crippen LogP contribution is -2.46. The van der Waals surface area contributed by atoms with E-state index in [1.54, 1.807) is 23.9 Å². The van der Waals surface area contributed by atoms with Crippen LogP contribution in [0.5, 0.6) is 0 Å². The van der Waals surface area contributed by atoms with Crippen molar-refractivity contribution in [2.45, 2.75) is 34.6 Å². The summed E-state index contributed by atoms with van der Waals surface area (Å²) >= 11 is 2.76. The molecule has 0 N–H and O–H groups in total. The third kappa shape index (κ3) is 7.33. The molecule has 2 aromatic carbocycles. The highest BCUT2D eigenvalue weighted by Gasteiger charge is 2.30. The van der Waals surface area contributed by atoms with Crippen LogP contribution in [0, 0.1) is 0 Å². The van der Waals surface area contributed by atoms with Crippen molar-refractivity contribution in [3.8, 4) is 0 Å². The topological polar surface area (TPSA) is 66.9 Å². The number of carbonyl (C=O) groups excluding carboxylic acids is 1. The number of hydrogen-bond donors (Lipinski definition) is 0. The van der Waals surface area contributed by atoms with Crippen LogP contribution in [0.3, 0.4) is 0 Å². The molecule has 1 atom stereocenters. The second-order valence-corrected chi connectivity index (χ2v) is 11.8. The minimum absolute atomic E-state index is 0.00957. The number of benzene rings is 2. The Morgan fingerprint density at radius 3 is 2.31 bits per heavy atom. The molecular weight excluding hydrogens is 464 g/mol. The molecule has 1 aliphatic rings. The van der Waals surface area contributed by atoms with Gasteiger partial charge in [-0.15, -0.1) is 0 Å². The number of rotatable bonds is 10. The zero-order chi connectivity index (χ0) is 23.0. The second kappa shape index (κ2) is 12.2. The van der Waals surface area contributed by atoms with Gasteiger partial charge in [-0.25, -0.2) is 8.42 Å². The fourth-order valence-electron chi connectivity index (χ4n) is 3.40. The molecule has 1 fully saturated rings. The summed E-state index contributed by atoms with van der Waals surface area (Å²) in [6, 6.07) is 16.7. The Kier molecular flexibility index (Phi) is 9.63. The molecule has 6 nitrogen and oxygen atoms in total. The minimum atomic E-state index is -3.70. The number of thioether (sulfide) groups is 1. The molecule has 2 aromatic rings. The van der Waals surface area contributed by atoms with E-state index in [0.29, 0.717) is 32.1 Å². The van der Waals surface area contributed by atoms with Crippen molar-refractivity contribution < 1.29 is 17.9 Å². The van der Waals surface area contributed by atoms with E-state index in [-0.39, 0.29) is 16.1 Å². The quantitative estimate of drug-likeness (QED) is 0.497. The second-order valence-electron chi connectivity index (χ2n) is 7.61. The Morgan fingerprint density at radius 2 is 1.69 bits per heavy atom. The number of hydrogen-bond acceptors (Lipinski definition) is 7. The van der Waals surface area contributed by atoms with Gasteiger partial charge in [0.25, 0.3) is 0 Å². The Hall–Kier alpha value is -1.36. The van der Waals surface area contributed by atoms with Crippen LogP contribution in [-0.2, 0) is 19.6 Å². The first-order valence-electron chi connectivity index (χ1n) is 10.6. The predicted octanol–water partition coefficient (Wildman–Crippen LogP) is 3.83. The predicted molar refractivity (Wildman–Crippen MR) is 131 cm³/mol. The largest absolute Gasteiger partial charge is 0.379 e. The van der Waals surface area contributed by atoms with Gasteiger partial charge in [-0.2, -0.15) is 4.31 Å². The van der Waals surface area contributed by atoms with Gasteiger partial charge in [0.1, 0.15) is 0 Å². The summed E-state index contributed by atoms with van der Waals surface area (Å²) in [5.41, 5.74) is 0. The molecular formula is C23H30N2O4S3. The molecule has 0 bridgehead atoms. The van der Waals surface area contributed by atoms with Crippen molar-refractivity contribution in [3.63, 3.8) is 0 Å². The van der Waals surface area contributed by atoms with Crippen LogP contribution in [0.1, 0.15) is 13.8 Å². The maximum absolute atomic E-state index is 13.5. The molecule has 0 radical (unpaired) electrons. The van der Waals surface area contributed by atoms with E-state index in [4.69, 9.17) is 4.74 Å². The standard InChI is InChI=1S/C23H30N2O4S3/c1-19(18-30-20(2)26)25(13-12-24-14-16-29-17-15-24)32(27,28)23-10-8-22(9-11-23)31-21-6-4-3-5-7-21/h3-11,19H,12-18H2,1-2H3/t19-/m0/s1. The van der Waals surface area contributed by atoms with Gasteiger partial charge in [-0.3, -0.25) is 9.69 Å². The normalized spacial score (nSPS) is 16.2. The van der Waals surface area contributed by atoms with Gasteiger partial charge in [0.05, 0.1) is 18.1 Å². The van der Waals surface area contributed by atoms with Crippen molar-refractivity contribution in [2.24, 2.45) is 0 Å². The van der Waals surface area contributed by atoms with Crippen molar-refractivity contribution >= 4 is 38.7 Å². The number of morpholine rings is 1. The summed E-state index contributed by atoms with van der Waals surface area (Å²) in [6.45, 7) is 7.33. The van der Waals surface area contributed by atoms with Gasteiger partial charge >= 0.3 is 0 Å². The molecule has 9 heteroatoms. The van der Waals surface area contributed by atoms with Crippen LogP contribution in [0.15, 0.2) is 69.3 Å². The molecule has 0 unspecified atom stereocenters. The zero-order valence-electron chi connectivity index (χ0n) is 18.5. The molecule has 0 aromatic heterocycles. The molecule has 0 aliphatic carbocycles. The van der Waals surface area contributed by atoms with E-state index in [0.717, 1.165) is 34.6 Å². The lowest BCUT2D eigenvalue weighted by molar-refractivity contribution is -0.109. The fourth-order valence-corrected chi connectivity index (χ4v) is 6.61. The first-order valence-corrected chi connectivity index (χ1v) is 13.9. The van der Waals surface area contributed by atoms with Gasteiger partial charge in [0, 0.05) is 54.7 Å². The Morgan fingerprint density at radius 1 is 1.06 bits per heavy atom. The molecule has 32 heavy (non-hydrogen) atoms. The van der Waals surface area contributed by atoms with Gasteiger partial charge in [0.15, 0.2) is 5.12 Å². The SMILES string of the molecule is CC(=O)SC[C@H](C)N(CCN1CCOCC1)S(=O)(=O)c1ccc(Sc2ccccc2)cc1. The number of ether oxygens (including phenoxy) is 1. The van der Waals surface area contributed by atoms with Crippen molar-refractivity contribution in [1.82, 2.24) is 9.21 Å². The van der Waals surface area contributed by atoms with Gasteiger partial charge in [-0.1, -0.05) is 41.7 Å². The van der Waals surface area contributed by atoms with Crippen LogP contribution in [-0.4, -0.2) is 73.9 Å². The molecule has 0 saturated carbocycles. The Balaban J connectivity index is 1.75. The molecule has 0 amide bonds. The highest BCUT2D eigenvalue weighted by atomic mass is 32.2. The van der Waals surface area contributed by atoms with Crippen LogP contribution < -0.4 is 0 Å². The molecule has 1 heterocycles. The van der Waals surface area contributed by atoms with Crippen LogP contribution in [0.25, 0.3) is 0 Å². The van der Waals surface area contributed by atoms with E-state index < -0.39 is 10.0 Å². The Bertz CT molecular complexity index is 962. The molecule has 3 rings (SSSR count). The first kappa shape index (κ1) is 25.3. The summed E-state index contributed by atoms with van der Waals surface area (Å²) < 4.78 is 34.0. The fraction of sp³-hybridized carbons (Fsp3) is 0.435. The highest BCUT2D eigenvalue weighted by molar-refractivity contribution is 8.13. The van der Waals surface area contributed by atoms with Crippen molar-refractivity contribution in [1.29, 1.82) is 0 Å². The van der Waals surface area contributed by atoms with Crippen LogP contribution in [0.2, 0.25) is 0 Å². The van der Waals surface area contributed by atoms with Gasteiger partial charge < -0.3 is 4.74 Å². The number of carbonyl (C=O) groups is 1. The van der Waals surface area contributed by atoms with Crippen LogP contribution in [0.4, 0.5) is 0 Å². The van der Waals surface area contributed by atoms with E-state index in [1.807, 2.05) is 49.4 Å². The van der Waals surface area contributed by atoms with Gasteiger partial charge in [0.2, 0.25) is 10.0 Å². The lowest BCUT2D eigenvalue weighted by atomic mass is 10.3. The zero-order valence-corrected chi connectivity index (χ0v) is 20.9. The van der Waals surface area contributed by atoms with Crippen molar-refractivity contribution in [2.75, 3.05) is 45.1 Å². The number of nitrogens with zero attached hydrogens (tertiary/aromatic N) is 2. The molecule has 0 spiro atoms. The summed E-state index contributed by atoms with van der Waals surface area (Å²) in [4.78, 5) is 16.0. The lowest BCUT2D eigenvalue weighted by Gasteiger charge is -2.32. The van der Waals surface area contributed by atoms with Crippen molar-refractivity contribution in [3.05, 3.63) is 54.6 Å². The average Bonchev–Trinajstić information content (AvgIpc) is 2.79. The maximum atomic E-state index is 13.5. The summed E-state index contributed by atoms with van der Waals surface area (Å²) in [5.74, 6) is 0.430. The van der Waals surface area contributed by atoms with E-state index >= 15 is 0 Å². The molecule has 174 valence electrons. The smallest absolute Gasteiger partial charge is 0.243 e. The third-order valence-corrected chi connectivity index (χ3v) is 9.27. The van der Waals surface area contributed by atoms with Gasteiger partial charge in [-0.05, 0) is 43.3 Å². The summed E-state index contributed by atoms with van der Waals surface area (Å²) in [5, 5.41) is -0.00957. The monoisotopic (exact) mass is 494 g/mol. The molecule has 1 saturated heterocycles. The number of sulfonamides is 1. The average molecular weight is 495 g/mol. The van der Waals surface area contributed by atoms with E-state index in [1.165, 1.54) is 11.2 Å². The molecule has 1 aliphatic heterocycles. The highest BCUT2D eigenvalue weighted by Crippen LogP contribution is 2.29. The van der Waals surface area contributed by atoms with Crippen LogP contribution >= 0.6 is 23.5 Å². The summed E-state index contributed by atoms with van der Waals surface area (Å²) in [6.07, 6.45) is 0. The minimum Gasteiger partial charge on any atom is -0.379 e. The third-order valence-electron chi connectivity index (χ3n) is 5.17. The Labute approximate surface area is 199 Å². The maximum Gasteiger partial charge on any atom is 0.243 e. The first-order chi connectivity index (χ1) is 15.4.